The summed E-state index contributed by atoms with van der Waals surface area (Å²) < 4.78 is 5.45. The van der Waals surface area contributed by atoms with Gasteiger partial charge in [-0.2, -0.15) is 0 Å². The van der Waals surface area contributed by atoms with Gasteiger partial charge < -0.3 is 15.0 Å². The van der Waals surface area contributed by atoms with E-state index >= 15 is 0 Å². The van der Waals surface area contributed by atoms with E-state index in [9.17, 15) is 9.59 Å². The lowest BCUT2D eigenvalue weighted by Crippen LogP contribution is -2.37. The molecule has 1 N–H and O–H groups in total. The Morgan fingerprint density at radius 1 is 1.56 bits per heavy atom. The fourth-order valence-electron chi connectivity index (χ4n) is 2.60. The molecule has 102 valence electrons. The van der Waals surface area contributed by atoms with Gasteiger partial charge in [0.05, 0.1) is 12.0 Å². The number of ether oxygens (including phenoxy) is 1. The Hall–Kier alpha value is -1.10. The van der Waals surface area contributed by atoms with Crippen LogP contribution in [0.15, 0.2) is 0 Å². The minimum Gasteiger partial charge on any atom is -0.376 e. The Morgan fingerprint density at radius 2 is 2.39 bits per heavy atom. The van der Waals surface area contributed by atoms with Crippen molar-refractivity contribution in [3.05, 3.63) is 0 Å². The molecule has 0 bridgehead atoms. The van der Waals surface area contributed by atoms with Crippen LogP contribution in [-0.2, 0) is 14.3 Å². The normalized spacial score (nSPS) is 27.8. The fraction of sp³-hybridized carbons (Fsp3) is 0.846. The largest absolute Gasteiger partial charge is 0.376 e. The summed E-state index contributed by atoms with van der Waals surface area (Å²) in [5.41, 5.74) is 0. The smallest absolute Gasteiger partial charge is 0.225 e. The van der Waals surface area contributed by atoms with E-state index in [1.54, 1.807) is 4.90 Å². The molecule has 18 heavy (non-hydrogen) atoms. The van der Waals surface area contributed by atoms with Gasteiger partial charge in [-0.1, -0.05) is 6.92 Å². The molecule has 2 fully saturated rings. The molecule has 2 amide bonds. The van der Waals surface area contributed by atoms with Gasteiger partial charge in [0.25, 0.3) is 0 Å². The lowest BCUT2D eigenvalue weighted by atomic mass is 10.1. The summed E-state index contributed by atoms with van der Waals surface area (Å²) >= 11 is 0. The lowest BCUT2D eigenvalue weighted by molar-refractivity contribution is -0.129. The van der Waals surface area contributed by atoms with Crippen molar-refractivity contribution in [1.82, 2.24) is 10.2 Å². The van der Waals surface area contributed by atoms with Crippen molar-refractivity contribution in [2.75, 3.05) is 26.2 Å². The molecule has 2 rings (SSSR count). The molecule has 0 aromatic rings. The van der Waals surface area contributed by atoms with Crippen molar-refractivity contribution in [2.24, 2.45) is 5.92 Å². The molecule has 2 saturated heterocycles. The second kappa shape index (κ2) is 6.18. The molecule has 0 aliphatic carbocycles. The van der Waals surface area contributed by atoms with E-state index in [1.807, 2.05) is 6.92 Å². The Kier molecular flexibility index (Phi) is 4.58. The quantitative estimate of drug-likeness (QED) is 0.779. The topological polar surface area (TPSA) is 58.6 Å². The van der Waals surface area contributed by atoms with Crippen molar-refractivity contribution in [1.29, 1.82) is 0 Å². The predicted molar refractivity (Wildman–Crippen MR) is 67.0 cm³/mol. The van der Waals surface area contributed by atoms with Crippen LogP contribution in [0.2, 0.25) is 0 Å². The highest BCUT2D eigenvalue weighted by atomic mass is 16.5. The maximum Gasteiger partial charge on any atom is 0.225 e. The molecule has 0 spiro atoms. The van der Waals surface area contributed by atoms with E-state index in [2.05, 4.69) is 5.32 Å². The number of likely N-dealkylation sites (tertiary alicyclic amines) is 1. The number of hydrogen-bond acceptors (Lipinski definition) is 3. The zero-order chi connectivity index (χ0) is 13.0. The van der Waals surface area contributed by atoms with E-state index < -0.39 is 0 Å². The average Bonchev–Trinajstić information content (AvgIpc) is 2.97. The Labute approximate surface area is 108 Å². The van der Waals surface area contributed by atoms with Gasteiger partial charge in [0, 0.05) is 32.7 Å². The van der Waals surface area contributed by atoms with Crippen LogP contribution in [0.4, 0.5) is 0 Å². The van der Waals surface area contributed by atoms with Crippen LogP contribution in [0.25, 0.3) is 0 Å². The first-order valence-electron chi connectivity index (χ1n) is 6.87. The maximum absolute atomic E-state index is 12.0. The molecule has 2 heterocycles. The van der Waals surface area contributed by atoms with Crippen LogP contribution < -0.4 is 5.32 Å². The summed E-state index contributed by atoms with van der Waals surface area (Å²) in [5.74, 6) is -0.0722. The van der Waals surface area contributed by atoms with Gasteiger partial charge in [0.1, 0.15) is 0 Å². The van der Waals surface area contributed by atoms with E-state index in [0.29, 0.717) is 19.5 Å². The van der Waals surface area contributed by atoms with Crippen LogP contribution in [0.5, 0.6) is 0 Å². The third kappa shape index (κ3) is 3.22. The number of nitrogens with zero attached hydrogens (tertiary/aromatic N) is 1. The predicted octanol–water partition coefficient (Wildman–Crippen LogP) is 0.540. The second-order valence-electron chi connectivity index (χ2n) is 5.12. The number of hydrogen-bond donors (Lipinski definition) is 1. The van der Waals surface area contributed by atoms with Crippen LogP contribution in [-0.4, -0.2) is 49.1 Å². The van der Waals surface area contributed by atoms with Crippen LogP contribution in [0.3, 0.4) is 0 Å². The summed E-state index contributed by atoms with van der Waals surface area (Å²) in [4.78, 5) is 25.4. The zero-order valence-corrected chi connectivity index (χ0v) is 11.0. The first kappa shape index (κ1) is 13.3. The van der Waals surface area contributed by atoms with Gasteiger partial charge in [-0.15, -0.1) is 0 Å². The van der Waals surface area contributed by atoms with Gasteiger partial charge in [-0.3, -0.25) is 9.59 Å². The Bertz CT molecular complexity index is 313. The van der Waals surface area contributed by atoms with Crippen molar-refractivity contribution >= 4 is 11.8 Å². The van der Waals surface area contributed by atoms with E-state index in [0.717, 1.165) is 32.4 Å². The average molecular weight is 254 g/mol. The Balaban J connectivity index is 1.74. The van der Waals surface area contributed by atoms with E-state index in [-0.39, 0.29) is 23.8 Å². The van der Waals surface area contributed by atoms with E-state index in [1.165, 1.54) is 0 Å². The van der Waals surface area contributed by atoms with Gasteiger partial charge in [-0.25, -0.2) is 0 Å². The molecule has 2 aliphatic rings. The minimum absolute atomic E-state index is 0.00236. The van der Waals surface area contributed by atoms with Crippen LogP contribution in [0.1, 0.15) is 32.6 Å². The van der Waals surface area contributed by atoms with Crippen molar-refractivity contribution < 1.29 is 14.3 Å². The molecule has 0 aromatic heterocycles. The third-order valence-electron chi connectivity index (χ3n) is 3.61. The molecular formula is C13H22N2O3. The molecule has 5 nitrogen and oxygen atoms in total. The fourth-order valence-corrected chi connectivity index (χ4v) is 2.60. The minimum atomic E-state index is -0.176. The maximum atomic E-state index is 12.0. The van der Waals surface area contributed by atoms with Gasteiger partial charge >= 0.3 is 0 Å². The number of carbonyl (C=O) groups excluding carboxylic acids is 2. The van der Waals surface area contributed by atoms with Crippen molar-refractivity contribution in [2.45, 2.75) is 38.7 Å². The SMILES string of the molecule is CCCN1C[C@H](C(=O)NC[C@@H]2CCCO2)CC1=O. The number of carbonyl (C=O) groups is 2. The zero-order valence-electron chi connectivity index (χ0n) is 11.0. The molecule has 2 aliphatic heterocycles. The summed E-state index contributed by atoms with van der Waals surface area (Å²) in [5, 5.41) is 2.91. The molecule has 0 saturated carbocycles. The standard InChI is InChI=1S/C13H22N2O3/c1-2-5-15-9-10(7-12(15)16)13(17)14-8-11-4-3-6-18-11/h10-11H,2-9H2,1H3,(H,14,17)/t10-,11+/m1/s1. The first-order valence-corrected chi connectivity index (χ1v) is 6.87. The molecule has 0 radical (unpaired) electrons. The van der Waals surface area contributed by atoms with E-state index in [4.69, 9.17) is 4.74 Å². The highest BCUT2D eigenvalue weighted by Gasteiger charge is 2.33. The highest BCUT2D eigenvalue weighted by Crippen LogP contribution is 2.18. The monoisotopic (exact) mass is 254 g/mol. The first-order chi connectivity index (χ1) is 8.70. The number of nitrogens with one attached hydrogen (secondary N) is 1. The van der Waals surface area contributed by atoms with Gasteiger partial charge in [0.15, 0.2) is 0 Å². The molecular weight excluding hydrogens is 232 g/mol. The van der Waals surface area contributed by atoms with Crippen LogP contribution in [0, 0.1) is 5.92 Å². The third-order valence-corrected chi connectivity index (χ3v) is 3.61. The van der Waals surface area contributed by atoms with Gasteiger partial charge in [0.2, 0.25) is 11.8 Å². The summed E-state index contributed by atoms with van der Waals surface area (Å²) in [6, 6.07) is 0. The number of rotatable bonds is 5. The lowest BCUT2D eigenvalue weighted by Gasteiger charge is -2.16. The summed E-state index contributed by atoms with van der Waals surface area (Å²) in [6.45, 7) is 4.75. The van der Waals surface area contributed by atoms with Gasteiger partial charge in [-0.05, 0) is 19.3 Å². The summed E-state index contributed by atoms with van der Waals surface area (Å²) in [7, 11) is 0. The van der Waals surface area contributed by atoms with Crippen LogP contribution >= 0.6 is 0 Å². The molecule has 5 heteroatoms. The molecule has 2 atom stereocenters. The summed E-state index contributed by atoms with van der Waals surface area (Å²) in [6.07, 6.45) is 3.56. The Morgan fingerprint density at radius 3 is 3.06 bits per heavy atom. The highest BCUT2D eigenvalue weighted by molar-refractivity contribution is 5.89. The number of amides is 2. The van der Waals surface area contributed by atoms with Crippen molar-refractivity contribution in [3.63, 3.8) is 0 Å². The second-order valence-corrected chi connectivity index (χ2v) is 5.12. The molecule has 0 aromatic carbocycles. The molecule has 0 unspecified atom stereocenters. The van der Waals surface area contributed by atoms with Crippen molar-refractivity contribution in [3.8, 4) is 0 Å².